The van der Waals surface area contributed by atoms with E-state index in [4.69, 9.17) is 9.68 Å². The summed E-state index contributed by atoms with van der Waals surface area (Å²) in [5.74, 6) is 1.27. The molecule has 2 heterocycles. The molecule has 2 aromatic heterocycles. The Morgan fingerprint density at radius 1 is 0.633 bits per heavy atom. The molecule has 0 aliphatic rings. The summed E-state index contributed by atoms with van der Waals surface area (Å²) in [4.78, 5) is 11.9. The van der Waals surface area contributed by atoms with Crippen LogP contribution in [0.1, 0.15) is 79.1 Å². The van der Waals surface area contributed by atoms with E-state index in [1.807, 2.05) is 34.2 Å². The lowest BCUT2D eigenvalue weighted by Crippen LogP contribution is -2.44. The maximum absolute atomic E-state index is 5.95. The van der Waals surface area contributed by atoms with Crippen LogP contribution < -0.4 is 19.1 Å². The monoisotopic (exact) mass is 414 g/mol. The Balaban J connectivity index is 1.86. The molecule has 0 saturated carbocycles. The molecule has 2 unspecified atom stereocenters. The third-order valence-corrected chi connectivity index (χ3v) is 5.94. The van der Waals surface area contributed by atoms with Gasteiger partial charge in [-0.1, -0.05) is 53.4 Å². The van der Waals surface area contributed by atoms with E-state index in [-0.39, 0.29) is 0 Å². The average molecular weight is 415 g/mol. The molecule has 4 nitrogen and oxygen atoms in total. The van der Waals surface area contributed by atoms with Crippen LogP contribution in [0.15, 0.2) is 49.1 Å². The molecule has 4 heteroatoms. The summed E-state index contributed by atoms with van der Waals surface area (Å²) in [6.07, 6.45) is 17.9. The first kappa shape index (κ1) is 24.2. The fourth-order valence-electron chi connectivity index (χ4n) is 3.56. The quantitative estimate of drug-likeness (QED) is 0.374. The first-order valence-electron chi connectivity index (χ1n) is 12.0. The van der Waals surface area contributed by atoms with E-state index < -0.39 is 0 Å². The Morgan fingerprint density at radius 3 is 1.30 bits per heavy atom. The number of nitrogens with zero attached hydrogens (tertiary/aromatic N) is 2. The normalized spacial score (nSPS) is 13.1. The zero-order valence-corrected chi connectivity index (χ0v) is 19.6. The van der Waals surface area contributed by atoms with E-state index in [1.165, 1.54) is 62.5 Å². The molecule has 0 fully saturated rings. The maximum Gasteiger partial charge on any atom is 0.223 e. The van der Waals surface area contributed by atoms with Gasteiger partial charge in [0.1, 0.15) is 0 Å². The number of unbranched alkanes of at least 4 members (excludes halogenated alkanes) is 2. The molecule has 0 N–H and O–H groups in total. The van der Waals surface area contributed by atoms with Crippen LogP contribution in [-0.4, -0.2) is 13.2 Å². The largest absolute Gasteiger partial charge is 0.271 e. The zero-order valence-electron chi connectivity index (χ0n) is 19.6. The zero-order chi connectivity index (χ0) is 21.6. The molecule has 2 aromatic rings. The topological polar surface area (TPSA) is 26.2 Å². The van der Waals surface area contributed by atoms with Crippen LogP contribution >= 0.6 is 0 Å². The Labute approximate surface area is 183 Å². The lowest BCUT2D eigenvalue weighted by molar-refractivity contribution is -0.892. The van der Waals surface area contributed by atoms with E-state index in [2.05, 4.69) is 52.0 Å². The molecule has 0 bridgehead atoms. The highest BCUT2D eigenvalue weighted by Gasteiger charge is 2.13. The van der Waals surface area contributed by atoms with E-state index in [0.717, 1.165) is 13.2 Å². The molecule has 0 aromatic carbocycles. The SMILES string of the molecule is CCCCC(CC)CO[n+]1ccc(-c2cc[n+](OCC(CC)CCCC)cc2)cc1. The van der Waals surface area contributed by atoms with Crippen LogP contribution in [0.4, 0.5) is 0 Å². The summed E-state index contributed by atoms with van der Waals surface area (Å²) in [5.41, 5.74) is 2.35. The summed E-state index contributed by atoms with van der Waals surface area (Å²) in [6, 6.07) is 8.41. The highest BCUT2D eigenvalue weighted by molar-refractivity contribution is 5.60. The van der Waals surface area contributed by atoms with Crippen LogP contribution in [0.2, 0.25) is 0 Å². The van der Waals surface area contributed by atoms with Gasteiger partial charge in [-0.2, -0.15) is 0 Å². The van der Waals surface area contributed by atoms with E-state index in [1.54, 1.807) is 0 Å². The molecular formula is C26H42N2O2+2. The fourth-order valence-corrected chi connectivity index (χ4v) is 3.56. The second-order valence-corrected chi connectivity index (χ2v) is 8.32. The Kier molecular flexibility index (Phi) is 11.3. The second kappa shape index (κ2) is 14.0. The van der Waals surface area contributed by atoms with Crippen molar-refractivity contribution >= 4 is 0 Å². The molecule has 30 heavy (non-hydrogen) atoms. The van der Waals surface area contributed by atoms with Crippen molar-refractivity contribution < 1.29 is 19.1 Å². The lowest BCUT2D eigenvalue weighted by atomic mass is 10.0. The van der Waals surface area contributed by atoms with Crippen molar-refractivity contribution in [2.24, 2.45) is 11.8 Å². The molecule has 0 saturated heterocycles. The van der Waals surface area contributed by atoms with Crippen molar-refractivity contribution in [3.8, 4) is 11.1 Å². The van der Waals surface area contributed by atoms with Crippen LogP contribution in [0, 0.1) is 11.8 Å². The lowest BCUT2D eigenvalue weighted by Gasteiger charge is -2.11. The number of pyridine rings is 2. The van der Waals surface area contributed by atoms with Crippen molar-refractivity contribution in [2.75, 3.05) is 13.2 Å². The molecule has 0 radical (unpaired) electrons. The minimum Gasteiger partial charge on any atom is -0.271 e. The van der Waals surface area contributed by atoms with Crippen LogP contribution in [0.3, 0.4) is 0 Å². The second-order valence-electron chi connectivity index (χ2n) is 8.32. The molecule has 0 aliphatic heterocycles. The first-order valence-corrected chi connectivity index (χ1v) is 12.0. The molecule has 0 amide bonds. The van der Waals surface area contributed by atoms with E-state index in [9.17, 15) is 0 Å². The van der Waals surface area contributed by atoms with Gasteiger partial charge < -0.3 is 0 Å². The van der Waals surface area contributed by atoms with Crippen LogP contribution in [0.5, 0.6) is 0 Å². The molecule has 2 atom stereocenters. The van der Waals surface area contributed by atoms with Gasteiger partial charge in [0.05, 0.1) is 0 Å². The third-order valence-electron chi connectivity index (χ3n) is 5.94. The number of rotatable bonds is 15. The average Bonchev–Trinajstić information content (AvgIpc) is 2.80. The molecule has 166 valence electrons. The Bertz CT molecular complexity index is 624. The molecule has 2 rings (SSSR count). The van der Waals surface area contributed by atoms with Gasteiger partial charge in [-0.25, -0.2) is 0 Å². The van der Waals surface area contributed by atoms with Gasteiger partial charge in [0.2, 0.25) is 24.8 Å². The van der Waals surface area contributed by atoms with Crippen molar-refractivity contribution in [2.45, 2.75) is 79.1 Å². The fraction of sp³-hybridized carbons (Fsp3) is 0.615. The smallest absolute Gasteiger partial charge is 0.223 e. The van der Waals surface area contributed by atoms with Crippen molar-refractivity contribution in [3.05, 3.63) is 49.1 Å². The molecule has 0 spiro atoms. The third kappa shape index (κ3) is 8.33. The highest BCUT2D eigenvalue weighted by atomic mass is 16.7. The van der Waals surface area contributed by atoms with Crippen molar-refractivity contribution in [1.29, 1.82) is 0 Å². The summed E-state index contributed by atoms with van der Waals surface area (Å²) in [6.45, 7) is 10.5. The predicted molar refractivity (Wildman–Crippen MR) is 122 cm³/mol. The van der Waals surface area contributed by atoms with Gasteiger partial charge in [-0.15, -0.1) is 0 Å². The minimum absolute atomic E-state index is 0.635. The summed E-state index contributed by atoms with van der Waals surface area (Å²) in [5, 5.41) is 0. The van der Waals surface area contributed by atoms with E-state index >= 15 is 0 Å². The van der Waals surface area contributed by atoms with Gasteiger partial charge in [0, 0.05) is 33.7 Å². The van der Waals surface area contributed by atoms with Crippen molar-refractivity contribution in [3.63, 3.8) is 0 Å². The number of hydrogen-bond acceptors (Lipinski definition) is 2. The highest BCUT2D eigenvalue weighted by Crippen LogP contribution is 2.16. The predicted octanol–water partition coefficient (Wildman–Crippen LogP) is 5.22. The van der Waals surface area contributed by atoms with Gasteiger partial charge in [-0.3, -0.25) is 9.68 Å². The summed E-state index contributed by atoms with van der Waals surface area (Å²) >= 11 is 0. The molecular weight excluding hydrogens is 372 g/mol. The first-order chi connectivity index (χ1) is 14.7. The van der Waals surface area contributed by atoms with Crippen LogP contribution in [0.25, 0.3) is 11.1 Å². The van der Waals surface area contributed by atoms with Gasteiger partial charge in [-0.05, 0) is 48.6 Å². The Morgan fingerprint density at radius 2 is 1.00 bits per heavy atom. The number of hydrogen-bond donors (Lipinski definition) is 0. The standard InChI is InChI=1S/C26H42N2O2/c1-5-9-11-23(7-3)21-29-27-17-13-25(14-18-27)26-15-19-28(20-16-26)30-22-24(8-4)12-10-6-2/h13-20,23-24H,5-12,21-22H2,1-4H3/q+2. The van der Waals surface area contributed by atoms with Gasteiger partial charge >= 0.3 is 0 Å². The van der Waals surface area contributed by atoms with Crippen LogP contribution in [-0.2, 0) is 0 Å². The van der Waals surface area contributed by atoms with E-state index in [0.29, 0.717) is 11.8 Å². The van der Waals surface area contributed by atoms with Gasteiger partial charge in [0.15, 0.2) is 13.2 Å². The Hall–Kier alpha value is -2.10. The molecule has 0 aliphatic carbocycles. The summed E-state index contributed by atoms with van der Waals surface area (Å²) in [7, 11) is 0. The number of aromatic nitrogens is 2. The van der Waals surface area contributed by atoms with Gasteiger partial charge in [0.25, 0.3) is 0 Å². The minimum atomic E-state index is 0.635. The van der Waals surface area contributed by atoms with Crippen molar-refractivity contribution in [1.82, 2.24) is 0 Å². The summed E-state index contributed by atoms with van der Waals surface area (Å²) < 4.78 is 3.65. The maximum atomic E-state index is 5.95.